The van der Waals surface area contributed by atoms with Gasteiger partial charge in [0.2, 0.25) is 5.91 Å². The first-order valence-corrected chi connectivity index (χ1v) is 10.3. The molecule has 0 fully saturated rings. The lowest BCUT2D eigenvalue weighted by atomic mass is 10.2. The minimum absolute atomic E-state index is 0.101. The lowest BCUT2D eigenvalue weighted by Gasteiger charge is -2.11. The predicted octanol–water partition coefficient (Wildman–Crippen LogP) is 2.92. The molecule has 0 aromatic heterocycles. The van der Waals surface area contributed by atoms with Crippen molar-refractivity contribution in [2.75, 3.05) is 57.3 Å². The summed E-state index contributed by atoms with van der Waals surface area (Å²) in [6.07, 6.45) is 0.756. The third-order valence-electron chi connectivity index (χ3n) is 4.23. The standard InChI is InChI=1S/C23H31N3O5/c1-3-30-14-15-31-21-7-4-6-20(16-21)25-17-22(27)26-19-10-8-18(9-11-19)23(28)24-12-5-13-29-2/h4,6-11,16,25H,3,5,12-15,17H2,1-2H3,(H,24,28)(H,26,27). The Balaban J connectivity index is 1.75. The first kappa shape index (κ1) is 24.2. The molecule has 0 aliphatic heterocycles. The van der Waals surface area contributed by atoms with Crippen LogP contribution in [-0.2, 0) is 14.3 Å². The van der Waals surface area contributed by atoms with Crippen LogP contribution in [0.5, 0.6) is 5.75 Å². The maximum Gasteiger partial charge on any atom is 0.251 e. The van der Waals surface area contributed by atoms with Gasteiger partial charge in [-0.3, -0.25) is 9.59 Å². The van der Waals surface area contributed by atoms with Crippen LogP contribution < -0.4 is 20.7 Å². The SMILES string of the molecule is CCOCCOc1cccc(NCC(=O)Nc2ccc(C(=O)NCCCOC)cc2)c1. The van der Waals surface area contributed by atoms with Gasteiger partial charge in [0.05, 0.1) is 13.2 Å². The highest BCUT2D eigenvalue weighted by atomic mass is 16.5. The van der Waals surface area contributed by atoms with Crippen LogP contribution in [0.15, 0.2) is 48.5 Å². The molecule has 0 heterocycles. The maximum atomic E-state index is 12.2. The Labute approximate surface area is 183 Å². The molecule has 0 bridgehead atoms. The highest BCUT2D eigenvalue weighted by Gasteiger charge is 2.07. The highest BCUT2D eigenvalue weighted by Crippen LogP contribution is 2.17. The van der Waals surface area contributed by atoms with Crippen molar-refractivity contribution in [2.24, 2.45) is 0 Å². The number of nitrogens with one attached hydrogen (secondary N) is 3. The zero-order valence-electron chi connectivity index (χ0n) is 18.1. The van der Waals surface area contributed by atoms with Gasteiger partial charge >= 0.3 is 0 Å². The molecule has 0 aliphatic rings. The maximum absolute atomic E-state index is 12.2. The van der Waals surface area contributed by atoms with E-state index in [1.807, 2.05) is 31.2 Å². The molecule has 8 heteroatoms. The average Bonchev–Trinajstić information content (AvgIpc) is 2.79. The van der Waals surface area contributed by atoms with Crippen molar-refractivity contribution >= 4 is 23.2 Å². The van der Waals surface area contributed by atoms with Crippen LogP contribution in [0.2, 0.25) is 0 Å². The molecule has 2 aromatic carbocycles. The molecule has 31 heavy (non-hydrogen) atoms. The molecule has 0 aliphatic carbocycles. The number of hydrogen-bond donors (Lipinski definition) is 3. The van der Waals surface area contributed by atoms with Gasteiger partial charge in [-0.05, 0) is 49.7 Å². The second-order valence-electron chi connectivity index (χ2n) is 6.65. The summed E-state index contributed by atoms with van der Waals surface area (Å²) in [6, 6.07) is 14.2. The molecule has 0 spiro atoms. The van der Waals surface area contributed by atoms with Crippen LogP contribution >= 0.6 is 0 Å². The normalized spacial score (nSPS) is 10.4. The van der Waals surface area contributed by atoms with Gasteiger partial charge in [0.1, 0.15) is 12.4 Å². The van der Waals surface area contributed by atoms with Crippen molar-refractivity contribution in [2.45, 2.75) is 13.3 Å². The number of carbonyl (C=O) groups excluding carboxylic acids is 2. The minimum atomic E-state index is -0.195. The van der Waals surface area contributed by atoms with E-state index in [1.165, 1.54) is 0 Å². The Morgan fingerprint density at radius 1 is 0.968 bits per heavy atom. The Morgan fingerprint density at radius 2 is 1.77 bits per heavy atom. The summed E-state index contributed by atoms with van der Waals surface area (Å²) in [5.74, 6) is 0.361. The van der Waals surface area contributed by atoms with E-state index < -0.39 is 0 Å². The topological polar surface area (TPSA) is 97.9 Å². The fourth-order valence-electron chi connectivity index (χ4n) is 2.67. The second kappa shape index (κ2) is 14.0. The molecule has 3 N–H and O–H groups in total. The van der Waals surface area contributed by atoms with Crippen LogP contribution in [0.1, 0.15) is 23.7 Å². The van der Waals surface area contributed by atoms with E-state index in [4.69, 9.17) is 14.2 Å². The summed E-state index contributed by atoms with van der Waals surface area (Å²) in [7, 11) is 1.63. The van der Waals surface area contributed by atoms with Crippen molar-refractivity contribution in [1.82, 2.24) is 5.32 Å². The number of carbonyl (C=O) groups is 2. The minimum Gasteiger partial charge on any atom is -0.491 e. The smallest absolute Gasteiger partial charge is 0.251 e. The first-order valence-electron chi connectivity index (χ1n) is 10.3. The van der Waals surface area contributed by atoms with Gasteiger partial charge in [-0.2, -0.15) is 0 Å². The van der Waals surface area contributed by atoms with Gasteiger partial charge in [-0.25, -0.2) is 0 Å². The predicted molar refractivity (Wildman–Crippen MR) is 121 cm³/mol. The van der Waals surface area contributed by atoms with Crippen molar-refractivity contribution in [3.8, 4) is 5.75 Å². The Morgan fingerprint density at radius 3 is 2.52 bits per heavy atom. The zero-order valence-corrected chi connectivity index (χ0v) is 18.1. The fourth-order valence-corrected chi connectivity index (χ4v) is 2.67. The summed E-state index contributed by atoms with van der Waals surface area (Å²) >= 11 is 0. The van der Waals surface area contributed by atoms with Gasteiger partial charge in [0.15, 0.2) is 0 Å². The van der Waals surface area contributed by atoms with Gasteiger partial charge < -0.3 is 30.2 Å². The van der Waals surface area contributed by atoms with E-state index in [0.717, 1.165) is 12.1 Å². The van der Waals surface area contributed by atoms with Crippen molar-refractivity contribution in [3.63, 3.8) is 0 Å². The van der Waals surface area contributed by atoms with Crippen molar-refractivity contribution in [3.05, 3.63) is 54.1 Å². The van der Waals surface area contributed by atoms with Crippen LogP contribution in [0.4, 0.5) is 11.4 Å². The fraction of sp³-hybridized carbons (Fsp3) is 0.391. The second-order valence-corrected chi connectivity index (χ2v) is 6.65. The largest absolute Gasteiger partial charge is 0.491 e. The molecule has 2 rings (SSSR count). The van der Waals surface area contributed by atoms with E-state index >= 15 is 0 Å². The van der Waals surface area contributed by atoms with Crippen molar-refractivity contribution < 1.29 is 23.8 Å². The molecular formula is C23H31N3O5. The van der Waals surface area contributed by atoms with Gasteiger partial charge in [0.25, 0.3) is 5.91 Å². The number of ether oxygens (including phenoxy) is 3. The quantitative estimate of drug-likeness (QED) is 0.400. The number of anilines is 2. The van der Waals surface area contributed by atoms with Gasteiger partial charge in [-0.1, -0.05) is 6.07 Å². The van der Waals surface area contributed by atoms with Crippen LogP contribution in [0, 0.1) is 0 Å². The summed E-state index contributed by atoms with van der Waals surface area (Å²) in [5, 5.41) is 8.70. The van der Waals surface area contributed by atoms with Crippen molar-refractivity contribution in [1.29, 1.82) is 0 Å². The van der Waals surface area contributed by atoms with Gasteiger partial charge in [0, 0.05) is 49.9 Å². The monoisotopic (exact) mass is 429 g/mol. The molecule has 0 saturated heterocycles. The molecule has 8 nitrogen and oxygen atoms in total. The molecular weight excluding hydrogens is 398 g/mol. The van der Waals surface area contributed by atoms with Crippen LogP contribution in [0.3, 0.4) is 0 Å². The first-order chi connectivity index (χ1) is 15.1. The lowest BCUT2D eigenvalue weighted by molar-refractivity contribution is -0.114. The summed E-state index contributed by atoms with van der Waals surface area (Å²) < 4.78 is 15.8. The molecule has 2 aromatic rings. The van der Waals surface area contributed by atoms with Gasteiger partial charge in [-0.15, -0.1) is 0 Å². The number of methoxy groups -OCH3 is 1. The number of rotatable bonds is 14. The van der Waals surface area contributed by atoms with E-state index in [2.05, 4.69) is 16.0 Å². The molecule has 0 saturated carbocycles. The Kier molecular flexibility index (Phi) is 10.9. The highest BCUT2D eigenvalue weighted by molar-refractivity contribution is 5.96. The van der Waals surface area contributed by atoms with E-state index in [0.29, 0.717) is 50.0 Å². The van der Waals surface area contributed by atoms with E-state index in [9.17, 15) is 9.59 Å². The van der Waals surface area contributed by atoms with E-state index in [1.54, 1.807) is 31.4 Å². The van der Waals surface area contributed by atoms with E-state index in [-0.39, 0.29) is 18.4 Å². The average molecular weight is 430 g/mol. The number of benzene rings is 2. The molecule has 168 valence electrons. The molecule has 2 amide bonds. The summed E-state index contributed by atoms with van der Waals surface area (Å²) in [6.45, 7) is 4.85. The number of amides is 2. The molecule has 0 radical (unpaired) electrons. The Hall–Kier alpha value is -3.10. The number of hydrogen-bond acceptors (Lipinski definition) is 6. The summed E-state index contributed by atoms with van der Waals surface area (Å²) in [5.41, 5.74) is 1.94. The van der Waals surface area contributed by atoms with Crippen LogP contribution in [-0.4, -0.2) is 58.4 Å². The third kappa shape index (κ3) is 9.50. The lowest BCUT2D eigenvalue weighted by Crippen LogP contribution is -2.25. The third-order valence-corrected chi connectivity index (χ3v) is 4.23. The molecule has 0 unspecified atom stereocenters. The zero-order chi connectivity index (χ0) is 22.3. The summed E-state index contributed by atoms with van der Waals surface area (Å²) in [4.78, 5) is 24.3. The Bertz CT molecular complexity index is 811. The van der Waals surface area contributed by atoms with Crippen LogP contribution in [0.25, 0.3) is 0 Å². The molecule has 0 atom stereocenters.